The predicted molar refractivity (Wildman–Crippen MR) is 85.6 cm³/mol. The number of methoxy groups -OCH3 is 1. The van der Waals surface area contributed by atoms with Crippen LogP contribution in [0.2, 0.25) is 0 Å². The van der Waals surface area contributed by atoms with Crippen LogP contribution in [0, 0.1) is 0 Å². The van der Waals surface area contributed by atoms with Gasteiger partial charge in [-0.3, -0.25) is 0 Å². The quantitative estimate of drug-likeness (QED) is 0.566. The molecule has 1 aliphatic rings. The first-order valence-electron chi connectivity index (χ1n) is 7.42. The lowest BCUT2D eigenvalue weighted by atomic mass is 9.89. The van der Waals surface area contributed by atoms with Crippen LogP contribution in [0.25, 0.3) is 0 Å². The van der Waals surface area contributed by atoms with Crippen molar-refractivity contribution in [3.8, 4) is 5.75 Å². The first kappa shape index (κ1) is 15.7. The number of benzene rings is 1. The van der Waals surface area contributed by atoms with Gasteiger partial charge in [-0.15, -0.1) is 0 Å². The topological polar surface area (TPSA) is 41.5 Å². The van der Waals surface area contributed by atoms with E-state index in [-0.39, 0.29) is 5.54 Å². The number of rotatable bonds is 8. The summed E-state index contributed by atoms with van der Waals surface area (Å²) >= 11 is 0.937. The molecule has 0 aliphatic heterocycles. The first-order valence-corrected chi connectivity index (χ1v) is 8.37. The van der Waals surface area contributed by atoms with Gasteiger partial charge in [0.2, 0.25) is 0 Å². The van der Waals surface area contributed by atoms with E-state index >= 15 is 0 Å². The fourth-order valence-electron chi connectivity index (χ4n) is 3.09. The highest BCUT2D eigenvalue weighted by Crippen LogP contribution is 2.33. The van der Waals surface area contributed by atoms with E-state index < -0.39 is 0 Å². The van der Waals surface area contributed by atoms with E-state index in [2.05, 4.69) is 17.4 Å². The van der Waals surface area contributed by atoms with Crippen molar-refractivity contribution >= 4 is 12.0 Å². The molecule has 1 aromatic rings. The van der Waals surface area contributed by atoms with Gasteiger partial charge in [0.05, 0.1) is 7.11 Å². The van der Waals surface area contributed by atoms with Crippen LogP contribution in [-0.2, 0) is 6.42 Å². The summed E-state index contributed by atoms with van der Waals surface area (Å²) in [5.41, 5.74) is 1.63. The van der Waals surface area contributed by atoms with E-state index in [4.69, 9.17) is 9.29 Å². The van der Waals surface area contributed by atoms with Crippen LogP contribution in [-0.4, -0.2) is 29.5 Å². The molecule has 0 saturated heterocycles. The molecule has 0 aromatic heterocycles. The average molecular weight is 295 g/mol. The molecule has 112 valence electrons. The van der Waals surface area contributed by atoms with E-state index in [1.54, 1.807) is 7.11 Å². The smallest absolute Gasteiger partial charge is 0.118 e. The van der Waals surface area contributed by atoms with Gasteiger partial charge in [0.15, 0.2) is 0 Å². The summed E-state index contributed by atoms with van der Waals surface area (Å²) in [6.45, 7) is 0.990. The number of nitrogens with one attached hydrogen (secondary N) is 1. The number of hydrogen-bond acceptors (Lipinski definition) is 4. The van der Waals surface area contributed by atoms with Crippen molar-refractivity contribution in [2.45, 2.75) is 44.1 Å². The van der Waals surface area contributed by atoms with Crippen LogP contribution in [0.3, 0.4) is 0 Å². The second kappa shape index (κ2) is 7.91. The molecule has 1 saturated carbocycles. The standard InChI is InChI=1S/C16H25NO2S/c1-19-15-7-5-14(6-8-15)13-16(9-2-3-10-16)17-11-4-12-20-18/h5-8,17-18H,2-4,9-13H2,1H3. The van der Waals surface area contributed by atoms with Gasteiger partial charge in [-0.05, 0) is 62.0 Å². The highest BCUT2D eigenvalue weighted by Gasteiger charge is 2.33. The summed E-state index contributed by atoms with van der Waals surface area (Å²) in [5.74, 6) is 1.73. The van der Waals surface area contributed by atoms with Gasteiger partial charge >= 0.3 is 0 Å². The van der Waals surface area contributed by atoms with Crippen molar-refractivity contribution in [2.75, 3.05) is 19.4 Å². The molecular weight excluding hydrogens is 270 g/mol. The average Bonchev–Trinajstić information content (AvgIpc) is 2.93. The van der Waals surface area contributed by atoms with Crippen LogP contribution in [0.1, 0.15) is 37.7 Å². The van der Waals surface area contributed by atoms with Crippen LogP contribution < -0.4 is 10.1 Å². The van der Waals surface area contributed by atoms with Crippen molar-refractivity contribution in [2.24, 2.45) is 0 Å². The third-order valence-electron chi connectivity index (χ3n) is 4.17. The molecule has 0 radical (unpaired) electrons. The Balaban J connectivity index is 1.93. The molecule has 0 atom stereocenters. The summed E-state index contributed by atoms with van der Waals surface area (Å²) in [4.78, 5) is 0. The SMILES string of the molecule is COc1ccc(CC2(NCCCSO)CCCC2)cc1. The normalized spacial score (nSPS) is 17.3. The maximum atomic E-state index is 8.78. The molecule has 1 aromatic carbocycles. The molecule has 4 heteroatoms. The zero-order valence-electron chi connectivity index (χ0n) is 12.2. The Morgan fingerprint density at radius 1 is 1.25 bits per heavy atom. The van der Waals surface area contributed by atoms with Gasteiger partial charge in [0.1, 0.15) is 5.75 Å². The summed E-state index contributed by atoms with van der Waals surface area (Å²) in [5, 5.41) is 3.75. The molecule has 0 bridgehead atoms. The monoisotopic (exact) mass is 295 g/mol. The molecule has 0 unspecified atom stereocenters. The van der Waals surface area contributed by atoms with Crippen molar-refractivity contribution in [3.63, 3.8) is 0 Å². The third-order valence-corrected chi connectivity index (χ3v) is 4.65. The molecule has 3 nitrogen and oxygen atoms in total. The molecule has 2 N–H and O–H groups in total. The lowest BCUT2D eigenvalue weighted by Crippen LogP contribution is -2.45. The third kappa shape index (κ3) is 4.40. The molecule has 0 spiro atoms. The van der Waals surface area contributed by atoms with Crippen molar-refractivity contribution in [1.82, 2.24) is 5.32 Å². The second-order valence-electron chi connectivity index (χ2n) is 5.63. The van der Waals surface area contributed by atoms with Crippen LogP contribution in [0.5, 0.6) is 5.75 Å². The lowest BCUT2D eigenvalue weighted by molar-refractivity contribution is 0.330. The van der Waals surface area contributed by atoms with Gasteiger partial charge in [0, 0.05) is 11.3 Å². The fourth-order valence-corrected chi connectivity index (χ4v) is 3.37. The minimum atomic E-state index is 0.259. The summed E-state index contributed by atoms with van der Waals surface area (Å²) in [7, 11) is 1.70. The highest BCUT2D eigenvalue weighted by molar-refractivity contribution is 7.93. The predicted octanol–water partition coefficient (Wildman–Crippen LogP) is 3.74. The minimum Gasteiger partial charge on any atom is -0.497 e. The van der Waals surface area contributed by atoms with Gasteiger partial charge in [-0.2, -0.15) is 0 Å². The number of ether oxygens (including phenoxy) is 1. The summed E-state index contributed by atoms with van der Waals surface area (Å²) < 4.78 is 14.0. The fraction of sp³-hybridized carbons (Fsp3) is 0.625. The van der Waals surface area contributed by atoms with Gasteiger partial charge in [-0.25, -0.2) is 0 Å². The Kier molecular flexibility index (Phi) is 6.20. The molecule has 0 heterocycles. The molecule has 1 fully saturated rings. The Labute approximate surface area is 126 Å². The first-order chi connectivity index (χ1) is 9.78. The zero-order valence-corrected chi connectivity index (χ0v) is 13.0. The zero-order chi connectivity index (χ0) is 14.3. The molecular formula is C16H25NO2S. The van der Waals surface area contributed by atoms with Gasteiger partial charge < -0.3 is 14.6 Å². The summed E-state index contributed by atoms with van der Waals surface area (Å²) in [6.07, 6.45) is 7.25. The highest BCUT2D eigenvalue weighted by atomic mass is 32.2. The van der Waals surface area contributed by atoms with Crippen LogP contribution in [0.4, 0.5) is 0 Å². The minimum absolute atomic E-state index is 0.259. The van der Waals surface area contributed by atoms with Crippen LogP contribution >= 0.6 is 12.0 Å². The largest absolute Gasteiger partial charge is 0.497 e. The Hall–Kier alpha value is -0.710. The van der Waals surface area contributed by atoms with Crippen molar-refractivity contribution in [3.05, 3.63) is 29.8 Å². The molecule has 2 rings (SSSR count). The molecule has 1 aliphatic carbocycles. The van der Waals surface area contributed by atoms with E-state index in [0.29, 0.717) is 0 Å². The van der Waals surface area contributed by atoms with Crippen LogP contribution in [0.15, 0.2) is 24.3 Å². The Morgan fingerprint density at radius 3 is 2.55 bits per heavy atom. The molecule has 20 heavy (non-hydrogen) atoms. The maximum Gasteiger partial charge on any atom is 0.118 e. The van der Waals surface area contributed by atoms with E-state index in [1.165, 1.54) is 31.2 Å². The van der Waals surface area contributed by atoms with Gasteiger partial charge in [0.25, 0.3) is 0 Å². The Bertz CT molecular complexity index is 388. The Morgan fingerprint density at radius 2 is 1.95 bits per heavy atom. The van der Waals surface area contributed by atoms with Gasteiger partial charge in [-0.1, -0.05) is 25.0 Å². The van der Waals surface area contributed by atoms with E-state index in [0.717, 1.165) is 42.9 Å². The van der Waals surface area contributed by atoms with Crippen molar-refractivity contribution < 1.29 is 9.29 Å². The maximum absolute atomic E-state index is 8.78. The van der Waals surface area contributed by atoms with Crippen molar-refractivity contribution in [1.29, 1.82) is 0 Å². The van der Waals surface area contributed by atoms with E-state index in [9.17, 15) is 0 Å². The number of hydrogen-bond donors (Lipinski definition) is 2. The lowest BCUT2D eigenvalue weighted by Gasteiger charge is -2.31. The summed E-state index contributed by atoms with van der Waals surface area (Å²) in [6, 6.07) is 8.43. The second-order valence-corrected chi connectivity index (χ2v) is 6.29. The van der Waals surface area contributed by atoms with E-state index in [1.807, 2.05) is 12.1 Å². The molecule has 0 amide bonds.